The second-order valence-electron chi connectivity index (χ2n) is 7.36. The number of rotatable bonds is 8. The SMILES string of the molecule is COc1ccc(CN2CCOC(COc3cc(C)nc4nc(SC)nn34)C2)c(Cl)c1OC. The molecule has 3 aromatic rings. The Morgan fingerprint density at radius 3 is 2.84 bits per heavy atom. The molecule has 2 aromatic heterocycles. The van der Waals surface area contributed by atoms with Gasteiger partial charge in [-0.25, -0.2) is 4.98 Å². The molecule has 0 radical (unpaired) electrons. The lowest BCUT2D eigenvalue weighted by Gasteiger charge is -2.33. The van der Waals surface area contributed by atoms with E-state index in [1.165, 1.54) is 11.8 Å². The molecule has 0 aliphatic carbocycles. The average molecular weight is 480 g/mol. The highest BCUT2D eigenvalue weighted by molar-refractivity contribution is 7.98. The Bertz CT molecular complexity index is 1100. The van der Waals surface area contributed by atoms with Gasteiger partial charge in [0, 0.05) is 31.4 Å². The standard InChI is InChI=1S/C21H26ClN5O4S/c1-13-9-17(27-20(23-13)24-21(25-27)32-4)31-12-15-11-26(7-8-30-15)10-14-5-6-16(28-2)19(29-3)18(14)22/h5-6,9,15H,7-8,10-12H2,1-4H3. The lowest BCUT2D eigenvalue weighted by molar-refractivity contribution is -0.0513. The van der Waals surface area contributed by atoms with Crippen molar-refractivity contribution in [3.8, 4) is 17.4 Å². The maximum atomic E-state index is 6.56. The van der Waals surface area contributed by atoms with Gasteiger partial charge in [0.05, 0.1) is 25.8 Å². The fourth-order valence-corrected chi connectivity index (χ4v) is 4.25. The van der Waals surface area contributed by atoms with Crippen molar-refractivity contribution in [3.63, 3.8) is 0 Å². The van der Waals surface area contributed by atoms with E-state index in [0.717, 1.165) is 17.8 Å². The second kappa shape index (κ2) is 10.1. The van der Waals surface area contributed by atoms with Crippen molar-refractivity contribution in [1.29, 1.82) is 0 Å². The first-order chi connectivity index (χ1) is 15.5. The molecular weight excluding hydrogens is 454 g/mol. The van der Waals surface area contributed by atoms with E-state index in [2.05, 4.69) is 20.0 Å². The van der Waals surface area contributed by atoms with Crippen LogP contribution in [0.3, 0.4) is 0 Å². The molecular formula is C21H26ClN5O4S. The predicted octanol–water partition coefficient (Wildman–Crippen LogP) is 3.11. The van der Waals surface area contributed by atoms with Crippen LogP contribution in [-0.2, 0) is 11.3 Å². The number of thioether (sulfide) groups is 1. The van der Waals surface area contributed by atoms with Gasteiger partial charge in [-0.05, 0) is 24.8 Å². The van der Waals surface area contributed by atoms with Crippen LogP contribution < -0.4 is 14.2 Å². The molecule has 1 atom stereocenters. The van der Waals surface area contributed by atoms with Crippen LogP contribution >= 0.6 is 23.4 Å². The molecule has 1 aliphatic rings. The lowest BCUT2D eigenvalue weighted by atomic mass is 10.1. The number of morpholine rings is 1. The Morgan fingerprint density at radius 2 is 2.09 bits per heavy atom. The topological polar surface area (TPSA) is 83.2 Å². The van der Waals surface area contributed by atoms with E-state index in [1.54, 1.807) is 18.7 Å². The molecule has 9 nitrogen and oxygen atoms in total. The van der Waals surface area contributed by atoms with E-state index in [-0.39, 0.29) is 6.10 Å². The van der Waals surface area contributed by atoms with Gasteiger partial charge in [0.2, 0.25) is 11.0 Å². The Hall–Kier alpha value is -2.27. The molecule has 1 aliphatic heterocycles. The number of hydrogen-bond acceptors (Lipinski definition) is 9. The molecule has 0 spiro atoms. The van der Waals surface area contributed by atoms with Crippen molar-refractivity contribution in [1.82, 2.24) is 24.5 Å². The van der Waals surface area contributed by atoms with Gasteiger partial charge >= 0.3 is 0 Å². The van der Waals surface area contributed by atoms with Gasteiger partial charge in [0.25, 0.3) is 5.78 Å². The molecule has 1 saturated heterocycles. The van der Waals surface area contributed by atoms with Crippen molar-refractivity contribution in [2.75, 3.05) is 46.8 Å². The summed E-state index contributed by atoms with van der Waals surface area (Å²) in [5, 5.41) is 5.66. The van der Waals surface area contributed by atoms with Crippen LogP contribution in [0.5, 0.6) is 17.4 Å². The van der Waals surface area contributed by atoms with Crippen molar-refractivity contribution in [2.24, 2.45) is 0 Å². The normalized spacial score (nSPS) is 17.0. The van der Waals surface area contributed by atoms with Crippen LogP contribution in [0.25, 0.3) is 5.78 Å². The van der Waals surface area contributed by atoms with E-state index in [9.17, 15) is 0 Å². The number of halogens is 1. The van der Waals surface area contributed by atoms with Gasteiger partial charge in [0.15, 0.2) is 11.5 Å². The molecule has 1 unspecified atom stereocenters. The minimum atomic E-state index is -0.0882. The Kier molecular flexibility index (Phi) is 7.24. The monoisotopic (exact) mass is 479 g/mol. The highest BCUT2D eigenvalue weighted by Crippen LogP contribution is 2.37. The number of ether oxygens (including phenoxy) is 4. The zero-order chi connectivity index (χ0) is 22.7. The van der Waals surface area contributed by atoms with Gasteiger partial charge in [-0.1, -0.05) is 29.4 Å². The number of fused-ring (bicyclic) bond motifs is 1. The zero-order valence-corrected chi connectivity index (χ0v) is 20.1. The minimum absolute atomic E-state index is 0.0882. The average Bonchev–Trinajstić information content (AvgIpc) is 3.22. The Labute approximate surface area is 196 Å². The van der Waals surface area contributed by atoms with Gasteiger partial charge in [-0.3, -0.25) is 4.90 Å². The summed E-state index contributed by atoms with van der Waals surface area (Å²) in [7, 11) is 3.18. The predicted molar refractivity (Wildman–Crippen MR) is 122 cm³/mol. The summed E-state index contributed by atoms with van der Waals surface area (Å²) in [4.78, 5) is 11.1. The molecule has 0 saturated carbocycles. The number of nitrogens with zero attached hydrogens (tertiary/aromatic N) is 5. The van der Waals surface area contributed by atoms with Gasteiger partial charge in [0.1, 0.15) is 12.7 Å². The van der Waals surface area contributed by atoms with E-state index < -0.39 is 0 Å². The van der Waals surface area contributed by atoms with Crippen molar-refractivity contribution < 1.29 is 18.9 Å². The van der Waals surface area contributed by atoms with E-state index >= 15 is 0 Å². The third-order valence-electron chi connectivity index (χ3n) is 5.17. The zero-order valence-electron chi connectivity index (χ0n) is 18.5. The molecule has 172 valence electrons. The smallest absolute Gasteiger partial charge is 0.256 e. The van der Waals surface area contributed by atoms with Crippen LogP contribution in [0, 0.1) is 6.92 Å². The molecule has 0 amide bonds. The molecule has 3 heterocycles. The van der Waals surface area contributed by atoms with Gasteiger partial charge < -0.3 is 18.9 Å². The summed E-state index contributed by atoms with van der Waals surface area (Å²) < 4.78 is 24.4. The summed E-state index contributed by atoms with van der Waals surface area (Å²) in [6.07, 6.45) is 1.84. The molecule has 0 bridgehead atoms. The number of aryl methyl sites for hydroxylation is 1. The number of aromatic nitrogens is 4. The molecule has 1 aromatic carbocycles. The highest BCUT2D eigenvalue weighted by atomic mass is 35.5. The summed E-state index contributed by atoms with van der Waals surface area (Å²) in [5.41, 5.74) is 1.80. The number of hydrogen-bond donors (Lipinski definition) is 0. The first-order valence-electron chi connectivity index (χ1n) is 10.2. The summed E-state index contributed by atoms with van der Waals surface area (Å²) >= 11 is 8.03. The quantitative estimate of drug-likeness (QED) is 0.452. The maximum Gasteiger partial charge on any atom is 0.256 e. The molecule has 4 rings (SSSR count). The van der Waals surface area contributed by atoms with Gasteiger partial charge in [-0.15, -0.1) is 5.10 Å². The largest absolute Gasteiger partial charge is 0.493 e. The number of benzene rings is 1. The first-order valence-corrected chi connectivity index (χ1v) is 11.8. The van der Waals surface area contributed by atoms with Crippen LogP contribution in [-0.4, -0.2) is 77.4 Å². The van der Waals surface area contributed by atoms with Crippen LogP contribution in [0.2, 0.25) is 5.02 Å². The Morgan fingerprint density at radius 1 is 1.25 bits per heavy atom. The van der Waals surface area contributed by atoms with Crippen molar-refractivity contribution in [2.45, 2.75) is 24.7 Å². The Balaban J connectivity index is 1.42. The molecule has 1 fully saturated rings. The fraction of sp³-hybridized carbons (Fsp3) is 0.476. The number of methoxy groups -OCH3 is 2. The van der Waals surface area contributed by atoms with E-state index in [0.29, 0.717) is 59.6 Å². The van der Waals surface area contributed by atoms with Crippen LogP contribution in [0.15, 0.2) is 23.4 Å². The summed E-state index contributed by atoms with van der Waals surface area (Å²) in [6.45, 7) is 5.11. The van der Waals surface area contributed by atoms with Crippen LogP contribution in [0.4, 0.5) is 0 Å². The van der Waals surface area contributed by atoms with E-state index in [1.807, 2.05) is 31.4 Å². The van der Waals surface area contributed by atoms with Crippen molar-refractivity contribution >= 4 is 29.1 Å². The third kappa shape index (κ3) is 4.88. The summed E-state index contributed by atoms with van der Waals surface area (Å²) in [5.74, 6) is 2.29. The lowest BCUT2D eigenvalue weighted by Crippen LogP contribution is -2.44. The highest BCUT2D eigenvalue weighted by Gasteiger charge is 2.24. The van der Waals surface area contributed by atoms with Crippen LogP contribution in [0.1, 0.15) is 11.3 Å². The van der Waals surface area contributed by atoms with Gasteiger partial charge in [-0.2, -0.15) is 9.50 Å². The second-order valence-corrected chi connectivity index (χ2v) is 8.51. The molecule has 32 heavy (non-hydrogen) atoms. The molecule has 11 heteroatoms. The van der Waals surface area contributed by atoms with Crippen molar-refractivity contribution in [3.05, 3.63) is 34.5 Å². The summed E-state index contributed by atoms with van der Waals surface area (Å²) in [6, 6.07) is 5.70. The minimum Gasteiger partial charge on any atom is -0.493 e. The van der Waals surface area contributed by atoms with E-state index in [4.69, 9.17) is 30.5 Å². The first kappa shape index (κ1) is 22.9. The fourth-order valence-electron chi connectivity index (χ4n) is 3.62. The molecule has 0 N–H and O–H groups in total. The third-order valence-corrected chi connectivity index (χ3v) is 6.12. The maximum absolute atomic E-state index is 6.56.